The Morgan fingerprint density at radius 3 is 2.61 bits per heavy atom. The van der Waals surface area contributed by atoms with Gasteiger partial charge in [0.25, 0.3) is 0 Å². The number of halogens is 3. The molecule has 2 aliphatic rings. The van der Waals surface area contributed by atoms with E-state index in [9.17, 15) is 18.4 Å². The van der Waals surface area contributed by atoms with Gasteiger partial charge in [0.2, 0.25) is 0 Å². The summed E-state index contributed by atoms with van der Waals surface area (Å²) in [6, 6.07) is 10.3. The molecule has 1 fully saturated rings. The quantitative estimate of drug-likeness (QED) is 0.262. The molecule has 0 bridgehead atoms. The molecule has 212 valence electrons. The van der Waals surface area contributed by atoms with Crippen molar-refractivity contribution in [3.8, 4) is 6.07 Å². The number of hydrogen-bond acceptors (Lipinski definition) is 8. The average molecular weight is 579 g/mol. The Bertz CT molecular complexity index is 1720. The molecule has 0 atom stereocenters. The van der Waals surface area contributed by atoms with Gasteiger partial charge in [-0.25, -0.2) is 9.97 Å². The summed E-state index contributed by atoms with van der Waals surface area (Å²) in [7, 11) is 0. The summed E-state index contributed by atoms with van der Waals surface area (Å²) in [5.41, 5.74) is 6.14. The number of azo groups is 1. The first kappa shape index (κ1) is 27.4. The van der Waals surface area contributed by atoms with Crippen LogP contribution in [0.4, 0.5) is 19.0 Å². The van der Waals surface area contributed by atoms with Crippen LogP contribution in [0, 0.1) is 18.3 Å². The van der Waals surface area contributed by atoms with Crippen LogP contribution in [0.15, 0.2) is 52.1 Å². The maximum atomic E-state index is 12.9. The molecule has 0 radical (unpaired) electrons. The third-order valence-electron chi connectivity index (χ3n) is 8.00. The van der Waals surface area contributed by atoms with Gasteiger partial charge in [-0.3, -0.25) is 4.90 Å². The van der Waals surface area contributed by atoms with E-state index in [4.69, 9.17) is 0 Å². The highest BCUT2D eigenvalue weighted by Crippen LogP contribution is 2.34. The number of nitriles is 1. The minimum atomic E-state index is -4.25. The van der Waals surface area contributed by atoms with Gasteiger partial charge in [-0.1, -0.05) is 6.07 Å². The lowest BCUT2D eigenvalue weighted by molar-refractivity contribution is -0.126. The Balaban J connectivity index is 1.12. The predicted molar refractivity (Wildman–Crippen MR) is 153 cm³/mol. The van der Waals surface area contributed by atoms with Crippen molar-refractivity contribution in [2.24, 2.45) is 10.2 Å². The lowest BCUT2D eigenvalue weighted by Crippen LogP contribution is -2.39. The normalized spacial score (nSPS) is 16.8. The zero-order valence-electron chi connectivity index (χ0n) is 22.8. The van der Waals surface area contributed by atoms with E-state index in [1.165, 1.54) is 17.5 Å². The highest BCUT2D eigenvalue weighted by Gasteiger charge is 2.29. The van der Waals surface area contributed by atoms with Crippen molar-refractivity contribution < 1.29 is 13.2 Å². The fraction of sp³-hybridized carbons (Fsp3) is 0.414. The Morgan fingerprint density at radius 2 is 1.90 bits per heavy atom. The first-order chi connectivity index (χ1) is 19.7. The number of fused-ring (bicyclic) bond motifs is 2. The lowest BCUT2D eigenvalue weighted by Gasteiger charge is -2.33. The molecular formula is C29H29F3N8S. The molecule has 2 aliphatic heterocycles. The van der Waals surface area contributed by atoms with Gasteiger partial charge in [0.1, 0.15) is 28.7 Å². The van der Waals surface area contributed by atoms with Crippen molar-refractivity contribution >= 4 is 38.3 Å². The summed E-state index contributed by atoms with van der Waals surface area (Å²) in [5, 5.41) is 23.3. The lowest BCUT2D eigenvalue weighted by atomic mass is 10.0. The maximum Gasteiger partial charge on any atom is 0.393 e. The number of piperidine rings is 1. The molecular weight excluding hydrogens is 549 g/mol. The SMILES string of the molecule is CC1=C(Cn2c(C#N)cc3c(C)c(CN4CCC(Nc5ncnc6sc(CC(F)(F)F)cc56)CC4)ccc32)CN=N1. The number of aryl methyl sites for hydroxylation is 1. The Morgan fingerprint density at radius 1 is 1.10 bits per heavy atom. The fourth-order valence-corrected chi connectivity index (χ4v) is 6.72. The first-order valence-electron chi connectivity index (χ1n) is 13.6. The van der Waals surface area contributed by atoms with Crippen molar-refractivity contribution in [2.45, 2.75) is 58.4 Å². The van der Waals surface area contributed by atoms with Crippen molar-refractivity contribution in [3.63, 3.8) is 0 Å². The summed E-state index contributed by atoms with van der Waals surface area (Å²) < 4.78 is 40.7. The minimum absolute atomic E-state index is 0.179. The Labute approximate surface area is 239 Å². The number of nitrogens with zero attached hydrogens (tertiary/aromatic N) is 7. The summed E-state index contributed by atoms with van der Waals surface area (Å²) >= 11 is 1.07. The van der Waals surface area contributed by atoms with E-state index in [-0.39, 0.29) is 10.9 Å². The third-order valence-corrected chi connectivity index (χ3v) is 9.04. The van der Waals surface area contributed by atoms with Crippen LogP contribution in [0.1, 0.15) is 41.5 Å². The molecule has 1 saturated heterocycles. The molecule has 6 rings (SSSR count). The van der Waals surface area contributed by atoms with E-state index >= 15 is 0 Å². The van der Waals surface area contributed by atoms with Gasteiger partial charge in [0, 0.05) is 48.0 Å². The molecule has 8 nitrogen and oxygen atoms in total. The number of benzene rings is 1. The van der Waals surface area contributed by atoms with Crippen molar-refractivity contribution in [1.82, 2.24) is 19.4 Å². The van der Waals surface area contributed by atoms with Gasteiger partial charge in [-0.05, 0) is 61.6 Å². The highest BCUT2D eigenvalue weighted by atomic mass is 32.1. The second kappa shape index (κ2) is 10.9. The van der Waals surface area contributed by atoms with Crippen molar-refractivity contribution in [2.75, 3.05) is 25.0 Å². The maximum absolute atomic E-state index is 12.9. The molecule has 0 amide bonds. The van der Waals surface area contributed by atoms with E-state index in [1.807, 2.05) is 13.0 Å². The van der Waals surface area contributed by atoms with E-state index < -0.39 is 12.6 Å². The number of rotatable bonds is 7. The predicted octanol–water partition coefficient (Wildman–Crippen LogP) is 6.75. The van der Waals surface area contributed by atoms with Gasteiger partial charge in [-0.2, -0.15) is 28.7 Å². The molecule has 1 N–H and O–H groups in total. The van der Waals surface area contributed by atoms with E-state index in [2.05, 4.69) is 60.1 Å². The monoisotopic (exact) mass is 578 g/mol. The second-order valence-electron chi connectivity index (χ2n) is 10.7. The van der Waals surface area contributed by atoms with Crippen LogP contribution < -0.4 is 5.32 Å². The number of allylic oxidation sites excluding steroid dienone is 1. The first-order valence-corrected chi connectivity index (χ1v) is 14.4. The molecule has 41 heavy (non-hydrogen) atoms. The Hall–Kier alpha value is -3.82. The zero-order chi connectivity index (χ0) is 28.7. The smallest absolute Gasteiger partial charge is 0.367 e. The summed E-state index contributed by atoms with van der Waals surface area (Å²) in [4.78, 5) is 11.8. The number of anilines is 1. The van der Waals surface area contributed by atoms with Crippen LogP contribution in [0.25, 0.3) is 21.1 Å². The minimum Gasteiger partial charge on any atom is -0.367 e. The molecule has 0 aliphatic carbocycles. The number of nitrogens with one attached hydrogen (secondary N) is 1. The topological polar surface area (TPSA) is 94.5 Å². The average Bonchev–Trinajstić information content (AvgIpc) is 3.63. The van der Waals surface area contributed by atoms with Gasteiger partial charge >= 0.3 is 6.18 Å². The highest BCUT2D eigenvalue weighted by molar-refractivity contribution is 7.18. The fourth-order valence-electron chi connectivity index (χ4n) is 5.70. The third kappa shape index (κ3) is 5.69. The largest absolute Gasteiger partial charge is 0.393 e. The number of alkyl halides is 3. The zero-order valence-corrected chi connectivity index (χ0v) is 23.6. The number of likely N-dealkylation sites (tertiary alicyclic amines) is 1. The van der Waals surface area contributed by atoms with Crippen LogP contribution in [0.5, 0.6) is 0 Å². The van der Waals surface area contributed by atoms with Crippen molar-refractivity contribution in [3.05, 3.63) is 63.6 Å². The summed E-state index contributed by atoms with van der Waals surface area (Å²) in [5.74, 6) is 0.600. The van der Waals surface area contributed by atoms with Gasteiger partial charge in [0.15, 0.2) is 0 Å². The van der Waals surface area contributed by atoms with Crippen LogP contribution in [0.2, 0.25) is 0 Å². The summed E-state index contributed by atoms with van der Waals surface area (Å²) in [6.45, 7) is 7.85. The van der Waals surface area contributed by atoms with Crippen LogP contribution in [0.3, 0.4) is 0 Å². The molecule has 1 aromatic carbocycles. The molecule has 0 saturated carbocycles. The number of aromatic nitrogens is 3. The number of hydrogen-bond donors (Lipinski definition) is 1. The molecule has 4 aromatic rings. The number of thiophene rings is 1. The standard InChI is InChI=1S/C29H29F3N8S/c1-17-19(3-4-26-24(17)9-22(12-33)40(26)15-20-13-36-38-18(20)2)14-39-7-5-21(6-8-39)37-27-25-10-23(11-29(30,31)32)41-28(25)35-16-34-27/h3-4,9-10,16,21H,5-8,11,13-15H2,1-2H3,(H,34,35,37). The van der Waals surface area contributed by atoms with Crippen LogP contribution in [-0.2, 0) is 19.5 Å². The molecule has 5 heterocycles. The van der Waals surface area contributed by atoms with Crippen molar-refractivity contribution in [1.29, 1.82) is 5.26 Å². The Kier molecular flexibility index (Phi) is 7.25. The molecule has 0 unspecified atom stereocenters. The van der Waals surface area contributed by atoms with Crippen LogP contribution in [-0.4, -0.2) is 51.3 Å². The van der Waals surface area contributed by atoms with E-state index in [0.29, 0.717) is 34.8 Å². The van der Waals surface area contributed by atoms with Gasteiger partial charge < -0.3 is 9.88 Å². The molecule has 12 heteroatoms. The second-order valence-corrected chi connectivity index (χ2v) is 11.9. The summed E-state index contributed by atoms with van der Waals surface area (Å²) in [6.07, 6.45) is -2.01. The van der Waals surface area contributed by atoms with E-state index in [0.717, 1.165) is 66.0 Å². The molecule has 0 spiro atoms. The van der Waals surface area contributed by atoms with Crippen LogP contribution >= 0.6 is 11.3 Å². The van der Waals surface area contributed by atoms with Gasteiger partial charge in [-0.15, -0.1) is 11.3 Å². The van der Waals surface area contributed by atoms with E-state index in [1.54, 1.807) is 6.07 Å². The molecule has 3 aromatic heterocycles. The van der Waals surface area contributed by atoms with Gasteiger partial charge in [0.05, 0.1) is 24.0 Å².